The lowest BCUT2D eigenvalue weighted by molar-refractivity contribution is -0.146. The fourth-order valence-corrected chi connectivity index (χ4v) is 2.51. The molecule has 0 unspecified atom stereocenters. The van der Waals surface area contributed by atoms with Gasteiger partial charge < -0.3 is 15.4 Å². The second-order valence-electron chi connectivity index (χ2n) is 5.18. The molecule has 5 nitrogen and oxygen atoms in total. The Morgan fingerprint density at radius 2 is 1.95 bits per heavy atom. The van der Waals surface area contributed by atoms with Crippen molar-refractivity contribution in [2.24, 2.45) is 5.92 Å². The van der Waals surface area contributed by atoms with Gasteiger partial charge in [0.05, 0.1) is 18.6 Å². The summed E-state index contributed by atoms with van der Waals surface area (Å²) in [7, 11) is 1.40. The van der Waals surface area contributed by atoms with Crippen molar-refractivity contribution < 1.29 is 14.3 Å². The van der Waals surface area contributed by atoms with Gasteiger partial charge in [0, 0.05) is 18.8 Å². The molecular weight excluding hydrogens is 256 g/mol. The van der Waals surface area contributed by atoms with E-state index < -0.39 is 0 Å². The first-order valence-corrected chi connectivity index (χ1v) is 6.76. The molecule has 1 heterocycles. The standard InChI is InChI=1S/C15H20N2O3/c1-10-3-4-13(16)12(9-10)14(18)17-7-5-11(6-8-17)15(19)20-2/h3-4,9,11H,5-8,16H2,1-2H3. The third-order valence-electron chi connectivity index (χ3n) is 3.76. The Labute approximate surface area is 118 Å². The van der Waals surface area contributed by atoms with Crippen molar-refractivity contribution in [1.29, 1.82) is 0 Å². The Hall–Kier alpha value is -2.04. The van der Waals surface area contributed by atoms with E-state index in [-0.39, 0.29) is 17.8 Å². The van der Waals surface area contributed by atoms with Crippen LogP contribution in [0.15, 0.2) is 18.2 Å². The maximum absolute atomic E-state index is 12.4. The van der Waals surface area contributed by atoms with Crippen LogP contribution in [0.4, 0.5) is 5.69 Å². The van der Waals surface area contributed by atoms with E-state index in [0.29, 0.717) is 37.2 Å². The molecule has 0 aliphatic carbocycles. The highest BCUT2D eigenvalue weighted by Crippen LogP contribution is 2.22. The van der Waals surface area contributed by atoms with Crippen molar-refractivity contribution in [3.05, 3.63) is 29.3 Å². The molecule has 2 N–H and O–H groups in total. The molecule has 0 atom stereocenters. The van der Waals surface area contributed by atoms with Crippen molar-refractivity contribution in [2.75, 3.05) is 25.9 Å². The Bertz CT molecular complexity index is 520. The topological polar surface area (TPSA) is 72.6 Å². The number of nitrogens with two attached hydrogens (primary N) is 1. The van der Waals surface area contributed by atoms with Crippen LogP contribution in [0.5, 0.6) is 0 Å². The van der Waals surface area contributed by atoms with Gasteiger partial charge >= 0.3 is 5.97 Å². The molecule has 1 amide bonds. The number of carbonyl (C=O) groups is 2. The number of rotatable bonds is 2. The molecule has 1 aliphatic rings. The first-order chi connectivity index (χ1) is 9.52. The summed E-state index contributed by atoms with van der Waals surface area (Å²) < 4.78 is 4.74. The average Bonchev–Trinajstić information content (AvgIpc) is 2.48. The predicted octanol–water partition coefficient (Wildman–Crippen LogP) is 1.60. The van der Waals surface area contributed by atoms with Gasteiger partial charge in [-0.25, -0.2) is 0 Å². The van der Waals surface area contributed by atoms with E-state index in [9.17, 15) is 9.59 Å². The molecule has 0 saturated carbocycles. The number of esters is 1. The van der Waals surface area contributed by atoms with Crippen molar-refractivity contribution in [3.8, 4) is 0 Å². The highest BCUT2D eigenvalue weighted by molar-refractivity contribution is 5.99. The molecule has 0 spiro atoms. The summed E-state index contributed by atoms with van der Waals surface area (Å²) >= 11 is 0. The number of hydrogen-bond acceptors (Lipinski definition) is 4. The number of likely N-dealkylation sites (tertiary alicyclic amines) is 1. The highest BCUT2D eigenvalue weighted by atomic mass is 16.5. The SMILES string of the molecule is COC(=O)C1CCN(C(=O)c2cc(C)ccc2N)CC1. The summed E-state index contributed by atoms with van der Waals surface area (Å²) in [5.74, 6) is -0.347. The lowest BCUT2D eigenvalue weighted by Gasteiger charge is -2.31. The van der Waals surface area contributed by atoms with E-state index in [2.05, 4.69) is 0 Å². The highest BCUT2D eigenvalue weighted by Gasteiger charge is 2.28. The van der Waals surface area contributed by atoms with Gasteiger partial charge in [0.15, 0.2) is 0 Å². The third-order valence-corrected chi connectivity index (χ3v) is 3.76. The Morgan fingerprint density at radius 1 is 1.30 bits per heavy atom. The van der Waals surface area contributed by atoms with E-state index in [1.54, 1.807) is 11.0 Å². The maximum Gasteiger partial charge on any atom is 0.308 e. The number of methoxy groups -OCH3 is 1. The molecule has 20 heavy (non-hydrogen) atoms. The molecule has 0 bridgehead atoms. The van der Waals surface area contributed by atoms with Crippen LogP contribution in [0.3, 0.4) is 0 Å². The van der Waals surface area contributed by atoms with Gasteiger partial charge in [0.1, 0.15) is 0 Å². The van der Waals surface area contributed by atoms with E-state index in [1.807, 2.05) is 19.1 Å². The van der Waals surface area contributed by atoms with Crippen molar-refractivity contribution in [3.63, 3.8) is 0 Å². The lowest BCUT2D eigenvalue weighted by Crippen LogP contribution is -2.40. The van der Waals surface area contributed by atoms with Crippen LogP contribution < -0.4 is 5.73 Å². The predicted molar refractivity (Wildman–Crippen MR) is 76.2 cm³/mol. The van der Waals surface area contributed by atoms with Gasteiger partial charge in [0.25, 0.3) is 5.91 Å². The molecule has 2 rings (SSSR count). The van der Waals surface area contributed by atoms with Crippen LogP contribution in [-0.4, -0.2) is 37.0 Å². The van der Waals surface area contributed by atoms with Crippen LogP contribution >= 0.6 is 0 Å². The summed E-state index contributed by atoms with van der Waals surface area (Å²) in [6.07, 6.45) is 1.29. The van der Waals surface area contributed by atoms with Crippen molar-refractivity contribution in [1.82, 2.24) is 4.90 Å². The second kappa shape index (κ2) is 5.94. The molecule has 1 aromatic carbocycles. The van der Waals surface area contributed by atoms with Crippen LogP contribution in [0.25, 0.3) is 0 Å². The van der Waals surface area contributed by atoms with E-state index in [1.165, 1.54) is 7.11 Å². The molecule has 108 valence electrons. The Balaban J connectivity index is 2.05. The third kappa shape index (κ3) is 2.92. The largest absolute Gasteiger partial charge is 0.469 e. The number of hydrogen-bond donors (Lipinski definition) is 1. The monoisotopic (exact) mass is 276 g/mol. The molecule has 0 aromatic heterocycles. The zero-order valence-electron chi connectivity index (χ0n) is 11.9. The fraction of sp³-hybridized carbons (Fsp3) is 0.467. The fourth-order valence-electron chi connectivity index (χ4n) is 2.51. The Morgan fingerprint density at radius 3 is 2.55 bits per heavy atom. The van der Waals surface area contributed by atoms with Crippen molar-refractivity contribution >= 4 is 17.6 Å². The minimum Gasteiger partial charge on any atom is -0.469 e. The summed E-state index contributed by atoms with van der Waals surface area (Å²) in [6, 6.07) is 5.45. The molecular formula is C15H20N2O3. The van der Waals surface area contributed by atoms with Gasteiger partial charge in [-0.2, -0.15) is 0 Å². The zero-order chi connectivity index (χ0) is 14.7. The number of nitrogen functional groups attached to an aromatic ring is 1. The van der Waals surface area contributed by atoms with Gasteiger partial charge in [-0.15, -0.1) is 0 Å². The van der Waals surface area contributed by atoms with Gasteiger partial charge in [-0.1, -0.05) is 11.6 Å². The first kappa shape index (κ1) is 14.4. The van der Waals surface area contributed by atoms with E-state index >= 15 is 0 Å². The molecule has 1 aliphatic heterocycles. The summed E-state index contributed by atoms with van der Waals surface area (Å²) in [6.45, 7) is 3.05. The number of benzene rings is 1. The number of amides is 1. The summed E-state index contributed by atoms with van der Waals surface area (Å²) in [4.78, 5) is 25.7. The number of carbonyl (C=O) groups excluding carboxylic acids is 2. The van der Waals surface area contributed by atoms with Gasteiger partial charge in [0.2, 0.25) is 0 Å². The minimum atomic E-state index is -0.188. The number of aryl methyl sites for hydroxylation is 1. The number of piperidine rings is 1. The molecule has 1 aromatic rings. The van der Waals surface area contributed by atoms with Crippen LogP contribution in [0.1, 0.15) is 28.8 Å². The molecule has 1 saturated heterocycles. The Kier molecular flexibility index (Phi) is 4.27. The maximum atomic E-state index is 12.4. The average molecular weight is 276 g/mol. The molecule has 5 heteroatoms. The lowest BCUT2D eigenvalue weighted by atomic mass is 9.96. The van der Waals surface area contributed by atoms with E-state index in [0.717, 1.165) is 5.56 Å². The quantitative estimate of drug-likeness (QED) is 0.658. The molecule has 1 fully saturated rings. The van der Waals surface area contributed by atoms with Crippen molar-refractivity contribution in [2.45, 2.75) is 19.8 Å². The van der Waals surface area contributed by atoms with Gasteiger partial charge in [-0.3, -0.25) is 9.59 Å². The number of ether oxygens (including phenoxy) is 1. The number of nitrogens with zero attached hydrogens (tertiary/aromatic N) is 1. The zero-order valence-corrected chi connectivity index (χ0v) is 11.9. The molecule has 0 radical (unpaired) electrons. The summed E-state index contributed by atoms with van der Waals surface area (Å²) in [5.41, 5.74) is 7.92. The minimum absolute atomic E-state index is 0.0606. The smallest absolute Gasteiger partial charge is 0.308 e. The van der Waals surface area contributed by atoms with Crippen LogP contribution in [0, 0.1) is 12.8 Å². The van der Waals surface area contributed by atoms with Gasteiger partial charge in [-0.05, 0) is 31.9 Å². The summed E-state index contributed by atoms with van der Waals surface area (Å²) in [5, 5.41) is 0. The van der Waals surface area contributed by atoms with E-state index in [4.69, 9.17) is 10.5 Å². The second-order valence-corrected chi connectivity index (χ2v) is 5.18. The number of anilines is 1. The van der Waals surface area contributed by atoms with Crippen LogP contribution in [-0.2, 0) is 9.53 Å². The van der Waals surface area contributed by atoms with Crippen LogP contribution in [0.2, 0.25) is 0 Å². The normalized spacial score (nSPS) is 16.0. The first-order valence-electron chi connectivity index (χ1n) is 6.76.